The number of rotatable bonds is 2. The molecule has 0 fully saturated rings. The Morgan fingerprint density at radius 3 is 2.62 bits per heavy atom. The second-order valence-electron chi connectivity index (χ2n) is 2.94. The number of phenolic OH excluding ortho intramolecular Hbond substituents is 1. The topological polar surface area (TPSA) is 66.5 Å². The first-order chi connectivity index (χ1) is 6.04. The molecule has 0 saturated carbocycles. The van der Waals surface area contributed by atoms with Crippen LogP contribution in [0.15, 0.2) is 18.2 Å². The van der Waals surface area contributed by atoms with Gasteiger partial charge in [-0.15, -0.1) is 0 Å². The molecule has 4 N–H and O–H groups in total. The fourth-order valence-corrected chi connectivity index (χ4v) is 1.58. The number of nitrogens with two attached hydrogens (primary N) is 1. The summed E-state index contributed by atoms with van der Waals surface area (Å²) in [5, 5.41) is 18.9. The number of aromatic hydroxyl groups is 1. The minimum Gasteiger partial charge on any atom is -0.506 e. The molecule has 0 spiro atoms. The fourth-order valence-electron chi connectivity index (χ4n) is 1.06. The van der Waals surface area contributed by atoms with Crippen LogP contribution in [0.3, 0.4) is 0 Å². The predicted octanol–water partition coefficient (Wildman–Crippen LogP) is 1.38. The molecule has 0 saturated heterocycles. The Bertz CT molecular complexity index is 302. The first-order valence-electron chi connectivity index (χ1n) is 3.95. The van der Waals surface area contributed by atoms with E-state index < -0.39 is 12.1 Å². The molecule has 0 unspecified atom stereocenters. The molecule has 0 heterocycles. The first-order valence-corrected chi connectivity index (χ1v) is 5.03. The predicted molar refractivity (Wildman–Crippen MR) is 59.4 cm³/mol. The van der Waals surface area contributed by atoms with E-state index in [4.69, 9.17) is 5.73 Å². The van der Waals surface area contributed by atoms with Gasteiger partial charge in [0.15, 0.2) is 0 Å². The first kappa shape index (κ1) is 10.7. The van der Waals surface area contributed by atoms with Gasteiger partial charge >= 0.3 is 0 Å². The summed E-state index contributed by atoms with van der Waals surface area (Å²) in [7, 11) is 0. The molecule has 0 aliphatic rings. The van der Waals surface area contributed by atoms with Crippen molar-refractivity contribution in [2.75, 3.05) is 0 Å². The number of aliphatic hydroxyl groups is 1. The highest BCUT2D eigenvalue weighted by Gasteiger charge is 2.16. The molecule has 0 aromatic heterocycles. The summed E-state index contributed by atoms with van der Waals surface area (Å²) in [5.41, 5.74) is 6.28. The van der Waals surface area contributed by atoms with Gasteiger partial charge in [0.1, 0.15) is 5.75 Å². The van der Waals surface area contributed by atoms with E-state index >= 15 is 0 Å². The van der Waals surface area contributed by atoms with Crippen molar-refractivity contribution in [2.45, 2.75) is 19.1 Å². The maximum Gasteiger partial charge on any atom is 0.133 e. The summed E-state index contributed by atoms with van der Waals surface area (Å²) in [6, 6.07) is 4.77. The van der Waals surface area contributed by atoms with Crippen LogP contribution in [0.5, 0.6) is 5.75 Å². The monoisotopic (exact) mass is 293 g/mol. The van der Waals surface area contributed by atoms with Crippen LogP contribution in [0.1, 0.15) is 18.5 Å². The highest BCUT2D eigenvalue weighted by molar-refractivity contribution is 14.1. The highest BCUT2D eigenvalue weighted by atomic mass is 127. The maximum absolute atomic E-state index is 9.62. The molecule has 0 amide bonds. The number of aliphatic hydroxyl groups excluding tert-OH is 1. The second kappa shape index (κ2) is 4.26. The minimum atomic E-state index is -0.663. The van der Waals surface area contributed by atoms with Crippen molar-refractivity contribution in [1.82, 2.24) is 0 Å². The number of phenols is 1. The van der Waals surface area contributed by atoms with E-state index in [1.54, 1.807) is 25.1 Å². The third kappa shape index (κ3) is 2.32. The Balaban J connectivity index is 3.07. The molecule has 0 aliphatic carbocycles. The van der Waals surface area contributed by atoms with Crippen molar-refractivity contribution in [3.05, 3.63) is 27.3 Å². The largest absolute Gasteiger partial charge is 0.506 e. The molecule has 4 heteroatoms. The van der Waals surface area contributed by atoms with Gasteiger partial charge in [0.2, 0.25) is 0 Å². The lowest BCUT2D eigenvalue weighted by atomic mass is 10.0. The maximum atomic E-state index is 9.62. The molecule has 1 aromatic rings. The number of benzene rings is 1. The van der Waals surface area contributed by atoms with E-state index in [9.17, 15) is 10.2 Å². The average Bonchev–Trinajstić information content (AvgIpc) is 2.08. The quantitative estimate of drug-likeness (QED) is 0.722. The number of hydrogen-bond acceptors (Lipinski definition) is 3. The van der Waals surface area contributed by atoms with Crippen molar-refractivity contribution in [3.8, 4) is 5.75 Å². The summed E-state index contributed by atoms with van der Waals surface area (Å²) in [4.78, 5) is 0. The van der Waals surface area contributed by atoms with Crippen LogP contribution in [-0.4, -0.2) is 16.3 Å². The van der Waals surface area contributed by atoms with Crippen molar-refractivity contribution >= 4 is 22.6 Å². The lowest BCUT2D eigenvalue weighted by molar-refractivity contribution is 0.163. The van der Waals surface area contributed by atoms with E-state index in [0.717, 1.165) is 3.57 Å². The SMILES string of the molecule is C[C@H](O)[C@@H](N)c1cccc(I)c1O. The molecule has 0 bridgehead atoms. The molecule has 1 aromatic carbocycles. The van der Waals surface area contributed by atoms with Gasteiger partial charge in [0.25, 0.3) is 0 Å². The standard InChI is InChI=1S/C9H12INO2/c1-5(12)8(11)6-3-2-4-7(10)9(6)13/h2-5,8,12-13H,11H2,1H3/t5-,8+/m0/s1. The van der Waals surface area contributed by atoms with Gasteiger partial charge in [0.05, 0.1) is 15.7 Å². The van der Waals surface area contributed by atoms with Gasteiger partial charge < -0.3 is 15.9 Å². The van der Waals surface area contributed by atoms with E-state index in [1.165, 1.54) is 0 Å². The number of halogens is 1. The zero-order chi connectivity index (χ0) is 10.0. The molecule has 0 radical (unpaired) electrons. The van der Waals surface area contributed by atoms with Crippen molar-refractivity contribution in [1.29, 1.82) is 0 Å². The Morgan fingerprint density at radius 2 is 2.08 bits per heavy atom. The van der Waals surface area contributed by atoms with Crippen LogP contribution >= 0.6 is 22.6 Å². The Labute approximate surface area is 90.7 Å². The summed E-state index contributed by atoms with van der Waals surface area (Å²) in [6.45, 7) is 1.60. The third-order valence-electron chi connectivity index (χ3n) is 1.90. The van der Waals surface area contributed by atoms with Gasteiger partial charge in [-0.25, -0.2) is 0 Å². The molecular formula is C9H12INO2. The van der Waals surface area contributed by atoms with Crippen LogP contribution in [0.2, 0.25) is 0 Å². The molecule has 2 atom stereocenters. The van der Waals surface area contributed by atoms with Gasteiger partial charge in [0, 0.05) is 5.56 Å². The lowest BCUT2D eigenvalue weighted by Gasteiger charge is -2.16. The van der Waals surface area contributed by atoms with Crippen molar-refractivity contribution in [3.63, 3.8) is 0 Å². The van der Waals surface area contributed by atoms with Gasteiger partial charge in [-0.3, -0.25) is 0 Å². The molecule has 0 aliphatic heterocycles. The van der Waals surface area contributed by atoms with E-state index in [0.29, 0.717) is 5.56 Å². The average molecular weight is 293 g/mol. The molecular weight excluding hydrogens is 281 g/mol. The molecule has 13 heavy (non-hydrogen) atoms. The van der Waals surface area contributed by atoms with Crippen LogP contribution in [0, 0.1) is 3.57 Å². The summed E-state index contributed by atoms with van der Waals surface area (Å²) in [5.74, 6) is 0.163. The van der Waals surface area contributed by atoms with E-state index in [-0.39, 0.29) is 5.75 Å². The highest BCUT2D eigenvalue weighted by Crippen LogP contribution is 2.29. The van der Waals surface area contributed by atoms with Gasteiger partial charge in [-0.2, -0.15) is 0 Å². The zero-order valence-electron chi connectivity index (χ0n) is 7.24. The normalized spacial score (nSPS) is 15.4. The molecule has 1 rings (SSSR count). The molecule has 72 valence electrons. The minimum absolute atomic E-state index is 0.163. The van der Waals surface area contributed by atoms with Crippen molar-refractivity contribution < 1.29 is 10.2 Å². The lowest BCUT2D eigenvalue weighted by Crippen LogP contribution is -2.23. The van der Waals surface area contributed by atoms with Crippen LogP contribution < -0.4 is 5.73 Å². The third-order valence-corrected chi connectivity index (χ3v) is 2.77. The number of para-hydroxylation sites is 1. The fraction of sp³-hybridized carbons (Fsp3) is 0.333. The Morgan fingerprint density at radius 1 is 1.46 bits per heavy atom. The van der Waals surface area contributed by atoms with Crippen molar-refractivity contribution in [2.24, 2.45) is 5.73 Å². The van der Waals surface area contributed by atoms with Crippen LogP contribution in [-0.2, 0) is 0 Å². The Hall–Kier alpha value is -0.330. The number of hydrogen-bond donors (Lipinski definition) is 3. The summed E-state index contributed by atoms with van der Waals surface area (Å²) >= 11 is 2.02. The molecule has 3 nitrogen and oxygen atoms in total. The smallest absolute Gasteiger partial charge is 0.133 e. The van der Waals surface area contributed by atoms with Gasteiger partial charge in [-0.1, -0.05) is 12.1 Å². The Kier molecular flexibility index (Phi) is 3.52. The summed E-state index contributed by atoms with van der Waals surface area (Å²) in [6.07, 6.45) is -0.663. The van der Waals surface area contributed by atoms with E-state index in [2.05, 4.69) is 0 Å². The van der Waals surface area contributed by atoms with Crippen LogP contribution in [0.4, 0.5) is 0 Å². The van der Waals surface area contributed by atoms with Crippen LogP contribution in [0.25, 0.3) is 0 Å². The summed E-state index contributed by atoms with van der Waals surface area (Å²) < 4.78 is 0.742. The van der Waals surface area contributed by atoms with E-state index in [1.807, 2.05) is 22.6 Å². The zero-order valence-corrected chi connectivity index (χ0v) is 9.39. The second-order valence-corrected chi connectivity index (χ2v) is 4.11. The van der Waals surface area contributed by atoms with Gasteiger partial charge in [-0.05, 0) is 35.6 Å².